The minimum absolute atomic E-state index is 0.109. The summed E-state index contributed by atoms with van der Waals surface area (Å²) in [5.74, 6) is 0.109. The Morgan fingerprint density at radius 2 is 2.27 bits per heavy atom. The molecule has 0 amide bonds. The zero-order chi connectivity index (χ0) is 11.3. The number of rotatable bonds is 5. The Bertz CT molecular complexity index is 410. The second-order valence-electron chi connectivity index (χ2n) is 3.24. The molecule has 0 aromatic carbocycles. The van der Waals surface area contributed by atoms with Gasteiger partial charge in [0, 0.05) is 12.6 Å². The summed E-state index contributed by atoms with van der Waals surface area (Å²) < 4.78 is 0. The molecular weight excluding hydrogens is 198 g/mol. The average molecular weight is 213 g/mol. The van der Waals surface area contributed by atoms with E-state index in [0.29, 0.717) is 6.54 Å². The van der Waals surface area contributed by atoms with Crippen molar-refractivity contribution in [3.05, 3.63) is 20.8 Å². The number of hydrogen-bond donors (Lipinski definition) is 4. The average Bonchev–Trinajstić information content (AvgIpc) is 2.21. The molecule has 1 aromatic heterocycles. The van der Waals surface area contributed by atoms with E-state index in [9.17, 15) is 9.59 Å². The molecule has 0 aliphatic rings. The Morgan fingerprint density at radius 1 is 1.53 bits per heavy atom. The molecule has 1 atom stereocenters. The zero-order valence-corrected chi connectivity index (χ0v) is 8.54. The van der Waals surface area contributed by atoms with Gasteiger partial charge >= 0.3 is 5.69 Å². The molecule has 0 fully saturated rings. The topological polar surface area (TPSA) is 117 Å². The van der Waals surface area contributed by atoms with Crippen LogP contribution in [-0.4, -0.2) is 27.8 Å². The van der Waals surface area contributed by atoms with Crippen LogP contribution in [0.2, 0.25) is 0 Å². The van der Waals surface area contributed by atoms with Gasteiger partial charge in [-0.1, -0.05) is 6.92 Å². The van der Waals surface area contributed by atoms with Crippen LogP contribution in [0.4, 0.5) is 5.82 Å². The lowest BCUT2D eigenvalue weighted by atomic mass is 10.2. The van der Waals surface area contributed by atoms with Crippen molar-refractivity contribution in [2.75, 3.05) is 11.9 Å². The Kier molecular flexibility index (Phi) is 4.04. The van der Waals surface area contributed by atoms with Crippen molar-refractivity contribution in [3.8, 4) is 0 Å². The summed E-state index contributed by atoms with van der Waals surface area (Å²) in [6.07, 6.45) is 1.63. The first-order valence-electron chi connectivity index (χ1n) is 4.82. The SMILES string of the molecule is CCC(N)CCNc1n[nH]c(=O)[nH]c1=O. The number of nitrogens with zero attached hydrogens (tertiary/aromatic N) is 1. The standard InChI is InChI=1S/C8H15N5O2/c1-2-5(9)3-4-10-6-7(14)11-8(15)13-12-6/h5H,2-4,9H2,1H3,(H,10,12)(H2,11,13,14,15). The summed E-state index contributed by atoms with van der Waals surface area (Å²) >= 11 is 0. The number of nitrogens with two attached hydrogens (primary N) is 1. The molecule has 15 heavy (non-hydrogen) atoms. The van der Waals surface area contributed by atoms with Crippen LogP contribution in [0.15, 0.2) is 9.59 Å². The van der Waals surface area contributed by atoms with Crippen molar-refractivity contribution in [2.45, 2.75) is 25.8 Å². The third-order valence-corrected chi connectivity index (χ3v) is 2.04. The van der Waals surface area contributed by atoms with E-state index in [0.717, 1.165) is 12.8 Å². The fourth-order valence-electron chi connectivity index (χ4n) is 1.05. The van der Waals surface area contributed by atoms with Crippen LogP contribution in [0.1, 0.15) is 19.8 Å². The molecule has 1 heterocycles. The maximum absolute atomic E-state index is 11.2. The van der Waals surface area contributed by atoms with Crippen molar-refractivity contribution in [3.63, 3.8) is 0 Å². The number of H-pyrrole nitrogens is 2. The molecule has 7 heteroatoms. The van der Waals surface area contributed by atoms with Crippen molar-refractivity contribution in [1.29, 1.82) is 0 Å². The molecule has 0 bridgehead atoms. The van der Waals surface area contributed by atoms with E-state index < -0.39 is 11.2 Å². The highest BCUT2D eigenvalue weighted by Crippen LogP contribution is 1.94. The minimum atomic E-state index is -0.615. The molecule has 7 nitrogen and oxygen atoms in total. The lowest BCUT2D eigenvalue weighted by Crippen LogP contribution is -2.28. The van der Waals surface area contributed by atoms with Crippen LogP contribution < -0.4 is 22.3 Å². The largest absolute Gasteiger partial charge is 0.364 e. The first kappa shape index (κ1) is 11.4. The molecule has 1 aromatic rings. The number of aromatic nitrogens is 3. The molecule has 0 aliphatic carbocycles. The third-order valence-electron chi connectivity index (χ3n) is 2.04. The van der Waals surface area contributed by atoms with Gasteiger partial charge in [-0.15, -0.1) is 5.10 Å². The van der Waals surface area contributed by atoms with Crippen molar-refractivity contribution >= 4 is 5.82 Å². The summed E-state index contributed by atoms with van der Waals surface area (Å²) in [5, 5.41) is 8.51. The van der Waals surface area contributed by atoms with E-state index in [1.165, 1.54) is 0 Å². The van der Waals surface area contributed by atoms with Gasteiger partial charge in [-0.25, -0.2) is 9.89 Å². The van der Waals surface area contributed by atoms with Crippen LogP contribution in [0, 0.1) is 0 Å². The summed E-state index contributed by atoms with van der Waals surface area (Å²) in [6, 6.07) is 0.111. The first-order valence-corrected chi connectivity index (χ1v) is 4.82. The van der Waals surface area contributed by atoms with Gasteiger partial charge in [-0.05, 0) is 12.8 Å². The second-order valence-corrected chi connectivity index (χ2v) is 3.24. The number of nitrogens with one attached hydrogen (secondary N) is 3. The first-order chi connectivity index (χ1) is 7.13. The molecule has 0 radical (unpaired) electrons. The Morgan fingerprint density at radius 3 is 2.87 bits per heavy atom. The lowest BCUT2D eigenvalue weighted by Gasteiger charge is -2.08. The lowest BCUT2D eigenvalue weighted by molar-refractivity contribution is 0.612. The second kappa shape index (κ2) is 5.30. The molecule has 1 unspecified atom stereocenters. The zero-order valence-electron chi connectivity index (χ0n) is 8.54. The maximum Gasteiger partial charge on any atom is 0.342 e. The Hall–Kier alpha value is -1.63. The highest BCUT2D eigenvalue weighted by molar-refractivity contribution is 5.28. The van der Waals surface area contributed by atoms with Gasteiger partial charge < -0.3 is 11.1 Å². The Balaban J connectivity index is 2.51. The maximum atomic E-state index is 11.2. The van der Waals surface area contributed by atoms with Gasteiger partial charge in [0.2, 0.25) is 5.82 Å². The van der Waals surface area contributed by atoms with E-state index in [4.69, 9.17) is 5.73 Å². The molecule has 1 rings (SSSR count). The van der Waals surface area contributed by atoms with E-state index in [2.05, 4.69) is 20.5 Å². The number of aromatic amines is 2. The van der Waals surface area contributed by atoms with Crippen molar-refractivity contribution in [1.82, 2.24) is 15.2 Å². The summed E-state index contributed by atoms with van der Waals surface area (Å²) in [7, 11) is 0. The quantitative estimate of drug-likeness (QED) is 0.500. The van der Waals surface area contributed by atoms with Gasteiger partial charge in [0.05, 0.1) is 0 Å². The minimum Gasteiger partial charge on any atom is -0.364 e. The van der Waals surface area contributed by atoms with Gasteiger partial charge in [0.1, 0.15) is 0 Å². The van der Waals surface area contributed by atoms with Gasteiger partial charge in [0.25, 0.3) is 5.56 Å². The predicted octanol–water partition coefficient (Wildman–Crippen LogP) is -1.00. The Labute approximate surface area is 86.1 Å². The normalized spacial score (nSPS) is 12.4. The van der Waals surface area contributed by atoms with Crippen LogP contribution >= 0.6 is 0 Å². The van der Waals surface area contributed by atoms with E-state index >= 15 is 0 Å². The monoisotopic (exact) mass is 213 g/mol. The molecular formula is C8H15N5O2. The molecule has 5 N–H and O–H groups in total. The van der Waals surface area contributed by atoms with Gasteiger partial charge in [-0.2, -0.15) is 0 Å². The molecule has 0 aliphatic heterocycles. The summed E-state index contributed by atoms with van der Waals surface area (Å²) in [5.41, 5.74) is 4.56. The van der Waals surface area contributed by atoms with Crippen molar-refractivity contribution < 1.29 is 0 Å². The number of anilines is 1. The van der Waals surface area contributed by atoms with Gasteiger partial charge in [-0.3, -0.25) is 9.78 Å². The van der Waals surface area contributed by atoms with Crippen LogP contribution in [0.5, 0.6) is 0 Å². The molecule has 0 spiro atoms. The van der Waals surface area contributed by atoms with Crippen molar-refractivity contribution in [2.24, 2.45) is 5.73 Å². The fourth-order valence-corrected chi connectivity index (χ4v) is 1.05. The van der Waals surface area contributed by atoms with Crippen LogP contribution in [0.3, 0.4) is 0 Å². The van der Waals surface area contributed by atoms with E-state index in [1.807, 2.05) is 6.92 Å². The summed E-state index contributed by atoms with van der Waals surface area (Å²) in [6.45, 7) is 2.55. The highest BCUT2D eigenvalue weighted by Gasteiger charge is 2.02. The molecule has 0 saturated heterocycles. The third kappa shape index (κ3) is 3.55. The number of hydrogen-bond acceptors (Lipinski definition) is 5. The predicted molar refractivity (Wildman–Crippen MR) is 56.9 cm³/mol. The summed E-state index contributed by atoms with van der Waals surface area (Å²) in [4.78, 5) is 23.9. The molecule has 84 valence electrons. The molecule has 0 saturated carbocycles. The smallest absolute Gasteiger partial charge is 0.342 e. The highest BCUT2D eigenvalue weighted by atomic mass is 16.2. The van der Waals surface area contributed by atoms with Crippen LogP contribution in [-0.2, 0) is 0 Å². The van der Waals surface area contributed by atoms with E-state index in [-0.39, 0.29) is 11.9 Å². The van der Waals surface area contributed by atoms with Crippen LogP contribution in [0.25, 0.3) is 0 Å². The van der Waals surface area contributed by atoms with E-state index in [1.54, 1.807) is 0 Å². The van der Waals surface area contributed by atoms with Gasteiger partial charge in [0.15, 0.2) is 0 Å². The fraction of sp³-hybridized carbons (Fsp3) is 0.625.